The Bertz CT molecular complexity index is 1390. The van der Waals surface area contributed by atoms with E-state index < -0.39 is 5.97 Å². The molecule has 0 saturated heterocycles. The van der Waals surface area contributed by atoms with Crippen LogP contribution in [0.25, 0.3) is 0 Å². The Morgan fingerprint density at radius 1 is 0.914 bits per heavy atom. The molecule has 1 aliphatic heterocycles. The first kappa shape index (κ1) is 21.5. The van der Waals surface area contributed by atoms with Gasteiger partial charge < -0.3 is 15.2 Å². The molecule has 4 nitrogen and oxygen atoms in total. The number of rotatable bonds is 5. The van der Waals surface area contributed by atoms with Gasteiger partial charge in [-0.15, -0.1) is 0 Å². The van der Waals surface area contributed by atoms with Crippen LogP contribution in [0.15, 0.2) is 91.0 Å². The minimum absolute atomic E-state index is 0.00606. The van der Waals surface area contributed by atoms with Gasteiger partial charge in [0.15, 0.2) is 0 Å². The molecular weight excluding hydrogens is 434 g/mol. The van der Waals surface area contributed by atoms with Gasteiger partial charge in [-0.05, 0) is 65.3 Å². The quantitative estimate of drug-likeness (QED) is 0.345. The molecule has 0 saturated carbocycles. The molecule has 2 N–H and O–H groups in total. The molecule has 0 bridgehead atoms. The lowest BCUT2D eigenvalue weighted by atomic mass is 9.75. The van der Waals surface area contributed by atoms with Gasteiger partial charge in [-0.1, -0.05) is 78.4 Å². The summed E-state index contributed by atoms with van der Waals surface area (Å²) in [6, 6.07) is 30.8. The maximum atomic E-state index is 12.0. The highest BCUT2D eigenvalue weighted by Gasteiger charge is 2.44. The summed E-state index contributed by atoms with van der Waals surface area (Å²) >= 11 is 0. The Balaban J connectivity index is 1.32. The van der Waals surface area contributed by atoms with E-state index in [0.717, 1.165) is 34.5 Å². The van der Waals surface area contributed by atoms with E-state index >= 15 is 0 Å². The van der Waals surface area contributed by atoms with Gasteiger partial charge in [0.05, 0.1) is 17.3 Å². The SMILES string of the molecule is Cc1ccc(COc2ccc([C@@H]3Nc4c(C(=O)O)cccc4[C@H]4c5ccccc5C[C@@H]43)cc2)cc1. The van der Waals surface area contributed by atoms with Crippen LogP contribution < -0.4 is 10.1 Å². The molecule has 2 aliphatic rings. The van der Waals surface area contributed by atoms with Gasteiger partial charge in [-0.25, -0.2) is 4.79 Å². The first-order valence-electron chi connectivity index (χ1n) is 12.1. The van der Waals surface area contributed by atoms with Crippen LogP contribution in [-0.2, 0) is 13.0 Å². The zero-order chi connectivity index (χ0) is 23.9. The van der Waals surface area contributed by atoms with Gasteiger partial charge >= 0.3 is 5.97 Å². The maximum absolute atomic E-state index is 12.0. The molecule has 0 unspecified atom stereocenters. The number of hydrogen-bond acceptors (Lipinski definition) is 3. The number of anilines is 1. The third-order valence-electron chi connectivity index (χ3n) is 7.43. The molecule has 174 valence electrons. The van der Waals surface area contributed by atoms with Crippen molar-refractivity contribution >= 4 is 11.7 Å². The number of benzene rings is 4. The fraction of sp³-hybridized carbons (Fsp3) is 0.194. The molecule has 35 heavy (non-hydrogen) atoms. The van der Waals surface area contributed by atoms with E-state index in [2.05, 4.69) is 79.0 Å². The van der Waals surface area contributed by atoms with E-state index in [4.69, 9.17) is 4.74 Å². The predicted octanol–water partition coefficient (Wildman–Crippen LogP) is 6.74. The fourth-order valence-corrected chi connectivity index (χ4v) is 5.72. The summed E-state index contributed by atoms with van der Waals surface area (Å²) in [6.07, 6.45) is 0.959. The summed E-state index contributed by atoms with van der Waals surface area (Å²) in [6.45, 7) is 2.60. The van der Waals surface area contributed by atoms with Crippen LogP contribution in [0.4, 0.5) is 5.69 Å². The molecule has 4 aromatic rings. The van der Waals surface area contributed by atoms with Crippen LogP contribution in [0, 0.1) is 12.8 Å². The number of hydrogen-bond donors (Lipinski definition) is 2. The van der Waals surface area contributed by atoms with Crippen LogP contribution in [0.3, 0.4) is 0 Å². The highest BCUT2D eigenvalue weighted by Crippen LogP contribution is 2.54. The predicted molar refractivity (Wildman–Crippen MR) is 137 cm³/mol. The molecule has 0 spiro atoms. The highest BCUT2D eigenvalue weighted by molar-refractivity contribution is 5.96. The summed E-state index contributed by atoms with van der Waals surface area (Å²) < 4.78 is 6.02. The molecule has 0 radical (unpaired) electrons. The Labute approximate surface area is 205 Å². The van der Waals surface area contributed by atoms with Crippen molar-refractivity contribution in [1.29, 1.82) is 0 Å². The maximum Gasteiger partial charge on any atom is 0.337 e. The molecular formula is C31H27NO3. The first-order valence-corrected chi connectivity index (χ1v) is 12.1. The van der Waals surface area contributed by atoms with Crippen LogP contribution in [-0.4, -0.2) is 11.1 Å². The number of aromatic carboxylic acids is 1. The average molecular weight is 462 g/mol. The van der Waals surface area contributed by atoms with E-state index in [1.165, 1.54) is 16.7 Å². The zero-order valence-corrected chi connectivity index (χ0v) is 19.6. The summed E-state index contributed by atoms with van der Waals surface area (Å²) in [5.41, 5.74) is 8.31. The Morgan fingerprint density at radius 2 is 1.66 bits per heavy atom. The summed E-state index contributed by atoms with van der Waals surface area (Å²) in [5, 5.41) is 13.5. The van der Waals surface area contributed by atoms with Crippen molar-refractivity contribution < 1.29 is 14.6 Å². The third-order valence-corrected chi connectivity index (χ3v) is 7.43. The van der Waals surface area contributed by atoms with Crippen molar-refractivity contribution in [2.45, 2.75) is 31.9 Å². The van der Waals surface area contributed by atoms with Crippen molar-refractivity contribution in [2.24, 2.45) is 5.92 Å². The number of ether oxygens (including phenoxy) is 1. The minimum atomic E-state index is -0.905. The van der Waals surface area contributed by atoms with Crippen molar-refractivity contribution in [3.8, 4) is 5.75 Å². The monoisotopic (exact) mass is 461 g/mol. The van der Waals surface area contributed by atoms with Crippen molar-refractivity contribution in [2.75, 3.05) is 5.32 Å². The topological polar surface area (TPSA) is 58.6 Å². The summed E-state index contributed by atoms with van der Waals surface area (Å²) in [7, 11) is 0. The lowest BCUT2D eigenvalue weighted by molar-refractivity contribution is 0.0697. The third kappa shape index (κ3) is 3.85. The van der Waals surface area contributed by atoms with Gasteiger partial charge in [0, 0.05) is 5.92 Å². The molecule has 4 heteroatoms. The lowest BCUT2D eigenvalue weighted by Gasteiger charge is -2.38. The number of nitrogens with one attached hydrogen (secondary N) is 1. The molecule has 6 rings (SSSR count). The lowest BCUT2D eigenvalue weighted by Crippen LogP contribution is -2.31. The van der Waals surface area contributed by atoms with Crippen molar-refractivity contribution in [3.63, 3.8) is 0 Å². The smallest absolute Gasteiger partial charge is 0.337 e. The van der Waals surface area contributed by atoms with E-state index in [0.29, 0.717) is 18.1 Å². The fourth-order valence-electron chi connectivity index (χ4n) is 5.72. The largest absolute Gasteiger partial charge is 0.489 e. The van der Waals surface area contributed by atoms with E-state index in [1.54, 1.807) is 6.07 Å². The second-order valence-corrected chi connectivity index (χ2v) is 9.58. The number of fused-ring (bicyclic) bond motifs is 5. The second kappa shape index (κ2) is 8.62. The van der Waals surface area contributed by atoms with Crippen molar-refractivity contribution in [3.05, 3.63) is 130 Å². The van der Waals surface area contributed by atoms with Crippen molar-refractivity contribution in [1.82, 2.24) is 0 Å². The number of carboxylic acid groups (broad SMARTS) is 1. The Hall–Kier alpha value is -4.05. The standard InChI is InChI=1S/C31H27NO3/c1-19-9-11-20(12-10-19)18-35-23-15-13-21(14-16-23)29-27-17-22-5-2-3-6-24(22)28(27)25-7-4-8-26(31(33)34)30(25)32-29/h2-16,27-29,32H,17-18H2,1H3,(H,33,34)/t27-,28+,29-/m0/s1. The Kier molecular flexibility index (Phi) is 5.29. The van der Waals surface area contributed by atoms with E-state index in [9.17, 15) is 9.90 Å². The van der Waals surface area contributed by atoms with Crippen LogP contribution >= 0.6 is 0 Å². The van der Waals surface area contributed by atoms with Gasteiger partial charge in [-0.2, -0.15) is 0 Å². The average Bonchev–Trinajstić information content (AvgIpc) is 3.28. The van der Waals surface area contributed by atoms with Gasteiger partial charge in [0.1, 0.15) is 12.4 Å². The molecule has 0 amide bonds. The number of aryl methyl sites for hydroxylation is 1. The number of carbonyl (C=O) groups is 1. The van der Waals surface area contributed by atoms with Crippen LogP contribution in [0.1, 0.15) is 55.7 Å². The molecule has 0 fully saturated rings. The second-order valence-electron chi connectivity index (χ2n) is 9.58. The molecule has 1 heterocycles. The minimum Gasteiger partial charge on any atom is -0.489 e. The number of para-hydroxylation sites is 1. The van der Waals surface area contributed by atoms with E-state index in [1.807, 2.05) is 18.2 Å². The summed E-state index contributed by atoms with van der Waals surface area (Å²) in [5.74, 6) is 0.396. The zero-order valence-electron chi connectivity index (χ0n) is 19.6. The van der Waals surface area contributed by atoms with Gasteiger partial charge in [0.25, 0.3) is 0 Å². The molecule has 4 aromatic carbocycles. The van der Waals surface area contributed by atoms with E-state index in [-0.39, 0.29) is 12.0 Å². The van der Waals surface area contributed by atoms with Gasteiger partial charge in [-0.3, -0.25) is 0 Å². The van der Waals surface area contributed by atoms with Crippen LogP contribution in [0.5, 0.6) is 5.75 Å². The normalized spacial score (nSPS) is 19.7. The first-order chi connectivity index (χ1) is 17.1. The number of carboxylic acids is 1. The van der Waals surface area contributed by atoms with Crippen LogP contribution in [0.2, 0.25) is 0 Å². The molecule has 0 aromatic heterocycles. The molecule has 3 atom stereocenters. The summed E-state index contributed by atoms with van der Waals surface area (Å²) in [4.78, 5) is 12.0. The highest BCUT2D eigenvalue weighted by atomic mass is 16.5. The van der Waals surface area contributed by atoms with Gasteiger partial charge in [0.2, 0.25) is 0 Å². The molecule has 1 aliphatic carbocycles. The Morgan fingerprint density at radius 3 is 2.43 bits per heavy atom.